The van der Waals surface area contributed by atoms with Crippen molar-refractivity contribution in [3.05, 3.63) is 59.7 Å². The van der Waals surface area contributed by atoms with Crippen LogP contribution in [-0.2, 0) is 19.1 Å². The molecule has 1 N–H and O–H groups in total. The third-order valence-corrected chi connectivity index (χ3v) is 4.83. The fourth-order valence-electron chi connectivity index (χ4n) is 3.23. The van der Waals surface area contributed by atoms with Crippen molar-refractivity contribution in [2.45, 2.75) is 33.1 Å². The maximum atomic E-state index is 12.3. The van der Waals surface area contributed by atoms with E-state index in [1.807, 2.05) is 13.8 Å². The van der Waals surface area contributed by atoms with Gasteiger partial charge in [0, 0.05) is 30.5 Å². The average Bonchev–Trinajstić information content (AvgIpc) is 3.09. The SMILES string of the molecule is CC(C)CC(=O)Nc1ccc(C(=O)COC(=O)c2ccc(N3C(=O)CCC3=O)cc2)cc1. The van der Waals surface area contributed by atoms with Crippen LogP contribution in [0.25, 0.3) is 0 Å². The van der Waals surface area contributed by atoms with E-state index in [-0.39, 0.29) is 47.8 Å². The van der Waals surface area contributed by atoms with Crippen LogP contribution in [0, 0.1) is 5.92 Å². The minimum atomic E-state index is -0.693. The van der Waals surface area contributed by atoms with E-state index in [4.69, 9.17) is 4.74 Å². The molecule has 1 saturated heterocycles. The van der Waals surface area contributed by atoms with Crippen molar-refractivity contribution < 1.29 is 28.7 Å². The van der Waals surface area contributed by atoms with Crippen LogP contribution < -0.4 is 10.2 Å². The molecule has 0 unspecified atom stereocenters. The Labute approximate surface area is 185 Å². The van der Waals surface area contributed by atoms with Crippen LogP contribution >= 0.6 is 0 Å². The van der Waals surface area contributed by atoms with Gasteiger partial charge in [0.1, 0.15) is 0 Å². The third-order valence-electron chi connectivity index (χ3n) is 4.83. The van der Waals surface area contributed by atoms with Crippen LogP contribution in [0.5, 0.6) is 0 Å². The number of nitrogens with one attached hydrogen (secondary N) is 1. The van der Waals surface area contributed by atoms with E-state index in [1.165, 1.54) is 24.3 Å². The molecule has 1 aliphatic heterocycles. The molecule has 2 aromatic carbocycles. The van der Waals surface area contributed by atoms with Crippen molar-refractivity contribution >= 4 is 40.8 Å². The van der Waals surface area contributed by atoms with Crippen LogP contribution in [0.4, 0.5) is 11.4 Å². The molecule has 166 valence electrons. The van der Waals surface area contributed by atoms with Gasteiger partial charge in [-0.1, -0.05) is 13.8 Å². The lowest BCUT2D eigenvalue weighted by atomic mass is 10.1. The van der Waals surface area contributed by atoms with E-state index in [1.54, 1.807) is 24.3 Å². The van der Waals surface area contributed by atoms with E-state index < -0.39 is 12.6 Å². The first-order valence-corrected chi connectivity index (χ1v) is 10.3. The number of rotatable bonds is 8. The smallest absolute Gasteiger partial charge is 0.338 e. The summed E-state index contributed by atoms with van der Waals surface area (Å²) in [5.41, 5.74) is 1.52. The molecule has 0 aromatic heterocycles. The first kappa shape index (κ1) is 22.9. The molecular formula is C24H24N2O6. The van der Waals surface area contributed by atoms with Crippen molar-refractivity contribution in [1.82, 2.24) is 0 Å². The van der Waals surface area contributed by atoms with Gasteiger partial charge >= 0.3 is 5.97 Å². The Balaban J connectivity index is 1.53. The highest BCUT2D eigenvalue weighted by Crippen LogP contribution is 2.23. The highest BCUT2D eigenvalue weighted by Gasteiger charge is 2.30. The molecule has 3 rings (SSSR count). The Morgan fingerprint density at radius 3 is 2.03 bits per heavy atom. The van der Waals surface area contributed by atoms with E-state index in [0.717, 1.165) is 4.90 Å². The number of esters is 1. The number of Topliss-reactive ketones (excluding diaryl/α,β-unsaturated/α-hetero) is 1. The summed E-state index contributed by atoms with van der Waals surface area (Å²) in [5, 5.41) is 2.76. The Morgan fingerprint density at radius 1 is 0.906 bits per heavy atom. The molecule has 2 aromatic rings. The zero-order valence-corrected chi connectivity index (χ0v) is 17.9. The zero-order valence-electron chi connectivity index (χ0n) is 17.9. The number of nitrogens with zero attached hydrogens (tertiary/aromatic N) is 1. The average molecular weight is 436 g/mol. The standard InChI is InChI=1S/C24H24N2O6/c1-15(2)13-21(28)25-18-7-3-16(4-8-18)20(27)14-32-24(31)17-5-9-19(10-6-17)26-22(29)11-12-23(26)30/h3-10,15H,11-14H2,1-2H3,(H,25,28). The molecule has 0 atom stereocenters. The molecule has 1 heterocycles. The molecule has 1 fully saturated rings. The summed E-state index contributed by atoms with van der Waals surface area (Å²) in [7, 11) is 0. The van der Waals surface area contributed by atoms with Gasteiger partial charge < -0.3 is 10.1 Å². The molecule has 32 heavy (non-hydrogen) atoms. The van der Waals surface area contributed by atoms with Gasteiger partial charge in [0.2, 0.25) is 17.7 Å². The summed E-state index contributed by atoms with van der Waals surface area (Å²) in [6, 6.07) is 12.2. The number of hydrogen-bond donors (Lipinski definition) is 1. The van der Waals surface area contributed by atoms with Crippen molar-refractivity contribution in [2.24, 2.45) is 5.92 Å². The lowest BCUT2D eigenvalue weighted by Crippen LogP contribution is -2.28. The molecule has 0 aliphatic carbocycles. The molecular weight excluding hydrogens is 412 g/mol. The normalized spacial score (nSPS) is 13.4. The lowest BCUT2D eigenvalue weighted by molar-refractivity contribution is -0.121. The largest absolute Gasteiger partial charge is 0.454 e. The second kappa shape index (κ2) is 10.00. The highest BCUT2D eigenvalue weighted by molar-refractivity contribution is 6.19. The monoisotopic (exact) mass is 436 g/mol. The predicted molar refractivity (Wildman–Crippen MR) is 117 cm³/mol. The Kier molecular flexibility index (Phi) is 7.14. The van der Waals surface area contributed by atoms with Crippen molar-refractivity contribution in [1.29, 1.82) is 0 Å². The maximum absolute atomic E-state index is 12.3. The first-order chi connectivity index (χ1) is 15.2. The van der Waals surface area contributed by atoms with Crippen LogP contribution in [0.3, 0.4) is 0 Å². The molecule has 1 aliphatic rings. The minimum absolute atomic E-state index is 0.0995. The molecule has 0 bridgehead atoms. The number of carbonyl (C=O) groups excluding carboxylic acids is 5. The molecule has 8 heteroatoms. The summed E-state index contributed by atoms with van der Waals surface area (Å²) in [6.45, 7) is 3.46. The zero-order chi connectivity index (χ0) is 23.3. The number of carbonyl (C=O) groups is 5. The van der Waals surface area contributed by atoms with E-state index >= 15 is 0 Å². The molecule has 0 spiro atoms. The van der Waals surface area contributed by atoms with E-state index in [2.05, 4.69) is 5.32 Å². The quantitative estimate of drug-likeness (QED) is 0.386. The van der Waals surface area contributed by atoms with E-state index in [0.29, 0.717) is 23.4 Å². The van der Waals surface area contributed by atoms with Gasteiger partial charge in [-0.05, 0) is 54.4 Å². The second-order valence-corrected chi connectivity index (χ2v) is 7.89. The molecule has 8 nitrogen and oxygen atoms in total. The van der Waals surface area contributed by atoms with Crippen LogP contribution in [0.1, 0.15) is 53.8 Å². The molecule has 0 radical (unpaired) electrons. The maximum Gasteiger partial charge on any atom is 0.338 e. The fraction of sp³-hybridized carbons (Fsp3) is 0.292. The van der Waals surface area contributed by atoms with Crippen molar-refractivity contribution in [3.8, 4) is 0 Å². The van der Waals surface area contributed by atoms with Gasteiger partial charge in [0.15, 0.2) is 12.4 Å². The van der Waals surface area contributed by atoms with Gasteiger partial charge in [-0.15, -0.1) is 0 Å². The topological polar surface area (TPSA) is 110 Å². The van der Waals surface area contributed by atoms with Crippen LogP contribution in [0.15, 0.2) is 48.5 Å². The number of anilines is 2. The fourth-order valence-corrected chi connectivity index (χ4v) is 3.23. The van der Waals surface area contributed by atoms with Crippen LogP contribution in [-0.4, -0.2) is 36.1 Å². The number of ketones is 1. The number of ether oxygens (including phenoxy) is 1. The van der Waals surface area contributed by atoms with Crippen LogP contribution in [0.2, 0.25) is 0 Å². The Hall–Kier alpha value is -3.81. The summed E-state index contributed by atoms with van der Waals surface area (Å²) in [6.07, 6.45) is 0.758. The highest BCUT2D eigenvalue weighted by atomic mass is 16.5. The van der Waals surface area contributed by atoms with Gasteiger partial charge in [-0.25, -0.2) is 4.79 Å². The third kappa shape index (κ3) is 5.66. The first-order valence-electron chi connectivity index (χ1n) is 10.3. The molecule has 0 saturated carbocycles. The number of amides is 3. The minimum Gasteiger partial charge on any atom is -0.454 e. The number of benzene rings is 2. The van der Waals surface area contributed by atoms with Gasteiger partial charge in [-0.3, -0.25) is 24.1 Å². The Morgan fingerprint density at radius 2 is 1.47 bits per heavy atom. The van der Waals surface area contributed by atoms with Crippen molar-refractivity contribution in [2.75, 3.05) is 16.8 Å². The van der Waals surface area contributed by atoms with Crippen molar-refractivity contribution in [3.63, 3.8) is 0 Å². The van der Waals surface area contributed by atoms with Gasteiger partial charge in [-0.2, -0.15) is 0 Å². The summed E-state index contributed by atoms with van der Waals surface area (Å²) < 4.78 is 5.08. The second-order valence-electron chi connectivity index (χ2n) is 7.89. The number of imide groups is 1. The lowest BCUT2D eigenvalue weighted by Gasteiger charge is -2.14. The number of hydrogen-bond acceptors (Lipinski definition) is 6. The van der Waals surface area contributed by atoms with E-state index in [9.17, 15) is 24.0 Å². The predicted octanol–water partition coefficient (Wildman–Crippen LogP) is 3.36. The summed E-state index contributed by atoms with van der Waals surface area (Å²) >= 11 is 0. The Bertz CT molecular complexity index is 1030. The van der Waals surface area contributed by atoms with Gasteiger partial charge in [0.25, 0.3) is 0 Å². The summed E-state index contributed by atoms with van der Waals surface area (Å²) in [4.78, 5) is 61.0. The summed E-state index contributed by atoms with van der Waals surface area (Å²) in [5.74, 6) is -1.49. The van der Waals surface area contributed by atoms with Gasteiger partial charge in [0.05, 0.1) is 11.3 Å². The molecule has 3 amide bonds.